The van der Waals surface area contributed by atoms with Gasteiger partial charge in [-0.3, -0.25) is 4.79 Å². The van der Waals surface area contributed by atoms with Crippen LogP contribution in [0.2, 0.25) is 0 Å². The van der Waals surface area contributed by atoms with E-state index >= 15 is 0 Å². The summed E-state index contributed by atoms with van der Waals surface area (Å²) in [4.78, 5) is 17.8. The van der Waals surface area contributed by atoms with Crippen molar-refractivity contribution in [3.05, 3.63) is 68.5 Å². The molecule has 0 aliphatic heterocycles. The van der Waals surface area contributed by atoms with Gasteiger partial charge in [0.2, 0.25) is 4.96 Å². The number of benzene rings is 2. The van der Waals surface area contributed by atoms with Gasteiger partial charge in [0.1, 0.15) is 11.5 Å². The molecule has 0 saturated heterocycles. The minimum absolute atomic E-state index is 0.203. The second-order valence-corrected chi connectivity index (χ2v) is 7.03. The van der Waals surface area contributed by atoms with E-state index in [4.69, 9.17) is 9.47 Å². The predicted octanol–water partition coefficient (Wildman–Crippen LogP) is 2.69. The highest BCUT2D eigenvalue weighted by atomic mass is 32.1. The molecule has 0 bridgehead atoms. The van der Waals surface area contributed by atoms with Crippen molar-refractivity contribution >= 4 is 22.4 Å². The number of hydrogen-bond donors (Lipinski definition) is 0. The van der Waals surface area contributed by atoms with Crippen LogP contribution in [0, 0.1) is 6.92 Å². The maximum Gasteiger partial charge on any atom is 0.291 e. The third-order valence-electron chi connectivity index (χ3n) is 4.22. The minimum atomic E-state index is -0.203. The molecule has 27 heavy (non-hydrogen) atoms. The number of hydrogen-bond acceptors (Lipinski definition) is 6. The molecule has 0 aliphatic carbocycles. The number of aryl methyl sites for hydroxylation is 1. The molecule has 136 valence electrons. The van der Waals surface area contributed by atoms with Crippen LogP contribution in [0.15, 0.2) is 47.3 Å². The Labute approximate surface area is 159 Å². The number of nitrogens with zero attached hydrogens (tertiary/aromatic N) is 3. The largest absolute Gasteiger partial charge is 0.497 e. The molecule has 0 unspecified atom stereocenters. The molecule has 7 heteroatoms. The van der Waals surface area contributed by atoms with Gasteiger partial charge in [-0.05, 0) is 31.2 Å². The third kappa shape index (κ3) is 3.17. The predicted molar refractivity (Wildman–Crippen MR) is 106 cm³/mol. The van der Waals surface area contributed by atoms with Crippen LogP contribution in [0.3, 0.4) is 0 Å². The Morgan fingerprint density at radius 3 is 2.52 bits per heavy atom. The summed E-state index contributed by atoms with van der Waals surface area (Å²) in [5, 5.41) is 4.38. The van der Waals surface area contributed by atoms with Gasteiger partial charge in [-0.25, -0.2) is 0 Å². The standard InChI is InChI=1S/C20H17N3O3S/c1-12-4-6-13(7-5-12)18-21-20-23(22-18)19(24)17(27-20)11-14-10-15(25-2)8-9-16(14)26-3/h4-11H,1-3H3/b17-11+. The van der Waals surface area contributed by atoms with Gasteiger partial charge in [0.25, 0.3) is 5.56 Å². The second-order valence-electron chi connectivity index (χ2n) is 6.02. The monoisotopic (exact) mass is 379 g/mol. The molecule has 2 heterocycles. The van der Waals surface area contributed by atoms with Crippen LogP contribution >= 0.6 is 11.3 Å². The van der Waals surface area contributed by atoms with Crippen molar-refractivity contribution in [2.75, 3.05) is 14.2 Å². The van der Waals surface area contributed by atoms with Crippen LogP contribution in [0.5, 0.6) is 11.5 Å². The number of aromatic nitrogens is 3. The molecule has 4 rings (SSSR count). The fraction of sp³-hybridized carbons (Fsp3) is 0.150. The smallest absolute Gasteiger partial charge is 0.291 e. The molecule has 2 aromatic carbocycles. The minimum Gasteiger partial charge on any atom is -0.497 e. The van der Waals surface area contributed by atoms with Crippen molar-refractivity contribution in [3.8, 4) is 22.9 Å². The second kappa shape index (κ2) is 6.85. The summed E-state index contributed by atoms with van der Waals surface area (Å²) in [6, 6.07) is 13.3. The molecular formula is C20H17N3O3S. The fourth-order valence-electron chi connectivity index (χ4n) is 2.75. The lowest BCUT2D eigenvalue weighted by Crippen LogP contribution is -2.23. The van der Waals surface area contributed by atoms with E-state index in [1.54, 1.807) is 20.3 Å². The molecule has 0 N–H and O–H groups in total. The first-order valence-corrected chi connectivity index (χ1v) is 9.11. The molecule has 0 spiro atoms. The third-order valence-corrected chi connectivity index (χ3v) is 5.17. The summed E-state index contributed by atoms with van der Waals surface area (Å²) < 4.78 is 12.5. The van der Waals surface area contributed by atoms with Crippen molar-refractivity contribution in [2.24, 2.45) is 0 Å². The molecule has 0 aliphatic rings. The molecule has 0 fully saturated rings. The lowest BCUT2D eigenvalue weighted by Gasteiger charge is -2.06. The zero-order valence-electron chi connectivity index (χ0n) is 15.1. The Morgan fingerprint density at radius 2 is 1.85 bits per heavy atom. The van der Waals surface area contributed by atoms with E-state index in [1.807, 2.05) is 49.4 Å². The molecule has 2 aromatic heterocycles. The van der Waals surface area contributed by atoms with Gasteiger partial charge in [0, 0.05) is 11.1 Å². The van der Waals surface area contributed by atoms with E-state index in [9.17, 15) is 4.79 Å². The van der Waals surface area contributed by atoms with Gasteiger partial charge in [0.15, 0.2) is 5.82 Å². The van der Waals surface area contributed by atoms with E-state index in [0.717, 1.165) is 16.7 Å². The molecule has 4 aromatic rings. The topological polar surface area (TPSA) is 65.7 Å². The van der Waals surface area contributed by atoms with E-state index in [0.29, 0.717) is 26.8 Å². The van der Waals surface area contributed by atoms with Gasteiger partial charge in [-0.15, -0.1) is 5.10 Å². The maximum absolute atomic E-state index is 12.8. The number of thiazole rings is 1. The van der Waals surface area contributed by atoms with Crippen molar-refractivity contribution in [1.29, 1.82) is 0 Å². The highest BCUT2D eigenvalue weighted by Crippen LogP contribution is 2.24. The Balaban J connectivity index is 1.81. The van der Waals surface area contributed by atoms with Gasteiger partial charge in [-0.1, -0.05) is 41.2 Å². The molecule has 6 nitrogen and oxygen atoms in total. The zero-order valence-corrected chi connectivity index (χ0v) is 15.9. The summed E-state index contributed by atoms with van der Waals surface area (Å²) in [5.74, 6) is 1.90. The number of methoxy groups -OCH3 is 2. The van der Waals surface area contributed by atoms with Crippen molar-refractivity contribution in [2.45, 2.75) is 6.92 Å². The first kappa shape index (κ1) is 17.2. The number of fused-ring (bicyclic) bond motifs is 1. The Morgan fingerprint density at radius 1 is 1.07 bits per heavy atom. The van der Waals surface area contributed by atoms with E-state index < -0.39 is 0 Å². The van der Waals surface area contributed by atoms with Crippen molar-refractivity contribution in [1.82, 2.24) is 14.6 Å². The number of rotatable bonds is 4. The Kier molecular flexibility index (Phi) is 4.37. The fourth-order valence-corrected chi connectivity index (χ4v) is 3.65. The molecular weight excluding hydrogens is 362 g/mol. The van der Waals surface area contributed by atoms with Gasteiger partial charge >= 0.3 is 0 Å². The highest BCUT2D eigenvalue weighted by Gasteiger charge is 2.12. The Hall–Kier alpha value is -3.19. The van der Waals surface area contributed by atoms with Gasteiger partial charge < -0.3 is 9.47 Å². The maximum atomic E-state index is 12.8. The van der Waals surface area contributed by atoms with Crippen molar-refractivity contribution in [3.63, 3.8) is 0 Å². The summed E-state index contributed by atoms with van der Waals surface area (Å²) in [6.45, 7) is 2.02. The van der Waals surface area contributed by atoms with Gasteiger partial charge in [-0.2, -0.15) is 9.50 Å². The first-order chi connectivity index (χ1) is 13.1. The average Bonchev–Trinajstić information content (AvgIpc) is 3.22. The van der Waals surface area contributed by atoms with Crippen LogP contribution in [-0.4, -0.2) is 28.8 Å². The number of ether oxygens (including phenoxy) is 2. The normalized spacial score (nSPS) is 11.9. The summed E-state index contributed by atoms with van der Waals surface area (Å²) in [5.41, 5.74) is 2.60. The van der Waals surface area contributed by atoms with E-state index in [2.05, 4.69) is 10.1 Å². The van der Waals surface area contributed by atoms with Crippen molar-refractivity contribution < 1.29 is 9.47 Å². The molecule has 0 saturated carbocycles. The van der Waals surface area contributed by atoms with Crippen LogP contribution in [0.4, 0.5) is 0 Å². The van der Waals surface area contributed by atoms with Crippen LogP contribution in [0.25, 0.3) is 22.4 Å². The summed E-state index contributed by atoms with van der Waals surface area (Å²) >= 11 is 1.29. The zero-order chi connectivity index (χ0) is 19.0. The van der Waals surface area contributed by atoms with Gasteiger partial charge in [0.05, 0.1) is 18.8 Å². The Bertz CT molecular complexity index is 1230. The van der Waals surface area contributed by atoms with E-state index in [-0.39, 0.29) is 5.56 Å². The molecule has 0 radical (unpaired) electrons. The molecule has 0 atom stereocenters. The van der Waals surface area contributed by atoms with Crippen LogP contribution in [0.1, 0.15) is 11.1 Å². The summed E-state index contributed by atoms with van der Waals surface area (Å²) in [7, 11) is 3.19. The molecule has 0 amide bonds. The SMILES string of the molecule is COc1ccc(OC)c(/C=c2/sc3nc(-c4ccc(C)cc4)nn3c2=O)c1. The van der Waals surface area contributed by atoms with E-state index in [1.165, 1.54) is 15.9 Å². The van der Waals surface area contributed by atoms with Crippen LogP contribution in [-0.2, 0) is 0 Å². The summed E-state index contributed by atoms with van der Waals surface area (Å²) in [6.07, 6.45) is 1.77. The highest BCUT2D eigenvalue weighted by molar-refractivity contribution is 7.15. The lowest BCUT2D eigenvalue weighted by atomic mass is 10.1. The average molecular weight is 379 g/mol. The quantitative estimate of drug-likeness (QED) is 0.545. The lowest BCUT2D eigenvalue weighted by molar-refractivity contribution is 0.402. The van der Waals surface area contributed by atoms with Crippen LogP contribution < -0.4 is 19.6 Å². The first-order valence-electron chi connectivity index (χ1n) is 8.29.